The van der Waals surface area contributed by atoms with Crippen LogP contribution in [0.25, 0.3) is 15.9 Å². The van der Waals surface area contributed by atoms with Crippen molar-refractivity contribution in [2.45, 2.75) is 0 Å². The fourth-order valence-corrected chi connectivity index (χ4v) is 4.06. The van der Waals surface area contributed by atoms with Crippen molar-refractivity contribution in [3.05, 3.63) is 88.0 Å². The number of carboxylic acid groups (broad SMARTS) is 1. The summed E-state index contributed by atoms with van der Waals surface area (Å²) in [6.07, 6.45) is -1.43. The molecule has 4 rings (SSSR count). The standard InChI is InChI=1S/C20H12F2N2O3S/c21-12-6-8-16(15(22)10-12)24(20(26)27)17-11-28-19-14(17)7-9-18(25)23(19)13-4-2-1-3-5-13/h1-11H,(H,26,27). The van der Waals surface area contributed by atoms with Crippen LogP contribution in [0.2, 0.25) is 0 Å². The Morgan fingerprint density at radius 1 is 1.00 bits per heavy atom. The Kier molecular flexibility index (Phi) is 4.40. The molecule has 8 heteroatoms. The third-order valence-electron chi connectivity index (χ3n) is 4.20. The molecular weight excluding hydrogens is 386 g/mol. The molecule has 0 saturated carbocycles. The summed E-state index contributed by atoms with van der Waals surface area (Å²) in [5.74, 6) is -1.81. The lowest BCUT2D eigenvalue weighted by atomic mass is 10.2. The van der Waals surface area contributed by atoms with Crippen LogP contribution in [0.1, 0.15) is 0 Å². The Morgan fingerprint density at radius 3 is 2.43 bits per heavy atom. The van der Waals surface area contributed by atoms with E-state index >= 15 is 0 Å². The zero-order valence-electron chi connectivity index (χ0n) is 14.2. The van der Waals surface area contributed by atoms with Crippen molar-refractivity contribution in [2.24, 2.45) is 0 Å². The van der Waals surface area contributed by atoms with Crippen molar-refractivity contribution in [3.8, 4) is 5.69 Å². The highest BCUT2D eigenvalue weighted by Gasteiger charge is 2.25. The summed E-state index contributed by atoms with van der Waals surface area (Å²) < 4.78 is 29.0. The molecule has 0 fully saturated rings. The lowest BCUT2D eigenvalue weighted by Gasteiger charge is -2.19. The number of aromatic nitrogens is 1. The van der Waals surface area contributed by atoms with Gasteiger partial charge in [-0.3, -0.25) is 9.36 Å². The summed E-state index contributed by atoms with van der Waals surface area (Å²) in [6, 6.07) is 14.4. The average Bonchev–Trinajstić information content (AvgIpc) is 3.07. The number of halogens is 2. The van der Waals surface area contributed by atoms with Gasteiger partial charge in [-0.25, -0.2) is 18.5 Å². The number of thiophene rings is 1. The minimum Gasteiger partial charge on any atom is -0.464 e. The largest absolute Gasteiger partial charge is 0.464 e. The molecule has 0 atom stereocenters. The fraction of sp³-hybridized carbons (Fsp3) is 0. The quantitative estimate of drug-likeness (QED) is 0.519. The van der Waals surface area contributed by atoms with Crippen molar-refractivity contribution < 1.29 is 18.7 Å². The van der Waals surface area contributed by atoms with Gasteiger partial charge >= 0.3 is 6.09 Å². The van der Waals surface area contributed by atoms with Crippen molar-refractivity contribution in [1.82, 2.24) is 4.57 Å². The third kappa shape index (κ3) is 2.93. The molecule has 0 bridgehead atoms. The third-order valence-corrected chi connectivity index (χ3v) is 5.17. The van der Waals surface area contributed by atoms with E-state index in [1.165, 1.54) is 22.1 Å². The molecule has 2 aromatic carbocycles. The van der Waals surface area contributed by atoms with E-state index in [1.807, 2.05) is 6.07 Å². The van der Waals surface area contributed by atoms with Crippen LogP contribution in [-0.2, 0) is 0 Å². The Balaban J connectivity index is 1.96. The van der Waals surface area contributed by atoms with E-state index in [0.717, 1.165) is 28.4 Å². The number of pyridine rings is 1. The number of fused-ring (bicyclic) bond motifs is 1. The molecule has 0 aliphatic carbocycles. The Bertz CT molecular complexity index is 1250. The van der Waals surface area contributed by atoms with Gasteiger partial charge in [0.15, 0.2) is 0 Å². The summed E-state index contributed by atoms with van der Waals surface area (Å²) in [6.45, 7) is 0. The molecule has 2 heterocycles. The van der Waals surface area contributed by atoms with Crippen LogP contribution in [0.15, 0.2) is 70.8 Å². The van der Waals surface area contributed by atoms with E-state index in [2.05, 4.69) is 0 Å². The van der Waals surface area contributed by atoms with E-state index in [0.29, 0.717) is 22.0 Å². The number of hydrogen-bond acceptors (Lipinski definition) is 3. The van der Waals surface area contributed by atoms with E-state index in [1.54, 1.807) is 24.3 Å². The lowest BCUT2D eigenvalue weighted by Crippen LogP contribution is -2.24. The number of rotatable bonds is 3. The van der Waals surface area contributed by atoms with Crippen LogP contribution in [0, 0.1) is 11.6 Å². The molecule has 0 spiro atoms. The highest BCUT2D eigenvalue weighted by Crippen LogP contribution is 2.38. The Hall–Kier alpha value is -3.52. The molecule has 4 aromatic rings. The molecule has 0 saturated heterocycles. The lowest BCUT2D eigenvalue weighted by molar-refractivity contribution is 0.204. The van der Waals surface area contributed by atoms with Crippen LogP contribution in [0.4, 0.5) is 25.0 Å². The molecule has 0 aliphatic rings. The molecule has 140 valence electrons. The van der Waals surface area contributed by atoms with E-state index in [4.69, 9.17) is 0 Å². The van der Waals surface area contributed by atoms with Gasteiger partial charge in [-0.1, -0.05) is 18.2 Å². The second-order valence-electron chi connectivity index (χ2n) is 5.90. The van der Waals surface area contributed by atoms with E-state index in [-0.39, 0.29) is 16.9 Å². The molecular formula is C20H12F2N2O3S. The normalized spacial score (nSPS) is 10.9. The van der Waals surface area contributed by atoms with Gasteiger partial charge in [-0.05, 0) is 30.3 Å². The maximum absolute atomic E-state index is 14.3. The number of para-hydroxylation sites is 1. The molecule has 28 heavy (non-hydrogen) atoms. The van der Waals surface area contributed by atoms with E-state index in [9.17, 15) is 23.5 Å². The Morgan fingerprint density at radius 2 is 1.75 bits per heavy atom. The van der Waals surface area contributed by atoms with Crippen LogP contribution < -0.4 is 10.5 Å². The van der Waals surface area contributed by atoms with Crippen molar-refractivity contribution in [2.75, 3.05) is 4.90 Å². The fourth-order valence-electron chi connectivity index (χ4n) is 3.00. The van der Waals surface area contributed by atoms with Crippen LogP contribution in [-0.4, -0.2) is 15.8 Å². The number of anilines is 2. The molecule has 0 unspecified atom stereocenters. The average molecular weight is 398 g/mol. The van der Waals surface area contributed by atoms with Crippen LogP contribution >= 0.6 is 11.3 Å². The minimum atomic E-state index is -1.43. The molecule has 2 aromatic heterocycles. The van der Waals surface area contributed by atoms with Gasteiger partial charge in [0.05, 0.1) is 17.1 Å². The molecule has 0 aliphatic heterocycles. The van der Waals surface area contributed by atoms with Crippen molar-refractivity contribution >= 4 is 39.0 Å². The maximum atomic E-state index is 14.3. The van der Waals surface area contributed by atoms with Gasteiger partial charge in [-0.2, -0.15) is 0 Å². The smallest absolute Gasteiger partial charge is 0.416 e. The number of benzene rings is 2. The van der Waals surface area contributed by atoms with Gasteiger partial charge in [0, 0.05) is 22.9 Å². The number of nitrogens with zero attached hydrogens (tertiary/aromatic N) is 2. The summed E-state index contributed by atoms with van der Waals surface area (Å²) in [7, 11) is 0. The minimum absolute atomic E-state index is 0.183. The SMILES string of the molecule is O=C(O)N(c1ccc(F)cc1F)c1csc2c1ccc(=O)n2-c1ccccc1. The summed E-state index contributed by atoms with van der Waals surface area (Å²) in [5.41, 5.74) is 0.233. The monoisotopic (exact) mass is 398 g/mol. The first kappa shape index (κ1) is 17.9. The molecule has 1 amide bonds. The molecule has 1 N–H and O–H groups in total. The highest BCUT2D eigenvalue weighted by atomic mass is 32.1. The first-order valence-corrected chi connectivity index (χ1v) is 9.02. The molecule has 5 nitrogen and oxygen atoms in total. The number of hydrogen-bond donors (Lipinski definition) is 1. The van der Waals surface area contributed by atoms with Gasteiger partial charge in [0.2, 0.25) is 0 Å². The summed E-state index contributed by atoms with van der Waals surface area (Å²) >= 11 is 1.16. The van der Waals surface area contributed by atoms with Crippen LogP contribution in [0.5, 0.6) is 0 Å². The number of carbonyl (C=O) groups is 1. The van der Waals surface area contributed by atoms with Crippen LogP contribution in [0.3, 0.4) is 0 Å². The first-order valence-electron chi connectivity index (χ1n) is 8.14. The van der Waals surface area contributed by atoms with Gasteiger partial charge in [0.1, 0.15) is 16.5 Å². The van der Waals surface area contributed by atoms with Crippen molar-refractivity contribution in [1.29, 1.82) is 0 Å². The van der Waals surface area contributed by atoms with Gasteiger partial charge in [0.25, 0.3) is 5.56 Å². The topological polar surface area (TPSA) is 62.5 Å². The van der Waals surface area contributed by atoms with Gasteiger partial charge < -0.3 is 5.11 Å². The first-order chi connectivity index (χ1) is 13.5. The predicted octanol–water partition coefficient (Wildman–Crippen LogP) is 5.15. The summed E-state index contributed by atoms with van der Waals surface area (Å²) in [5, 5.41) is 11.7. The van der Waals surface area contributed by atoms with Gasteiger partial charge in [-0.15, -0.1) is 11.3 Å². The second-order valence-corrected chi connectivity index (χ2v) is 6.75. The van der Waals surface area contributed by atoms with Crippen molar-refractivity contribution in [3.63, 3.8) is 0 Å². The highest BCUT2D eigenvalue weighted by molar-refractivity contribution is 7.17. The molecule has 0 radical (unpaired) electrons. The summed E-state index contributed by atoms with van der Waals surface area (Å²) in [4.78, 5) is 25.6. The predicted molar refractivity (Wildman–Crippen MR) is 104 cm³/mol. The Labute approximate surface area is 161 Å². The second kappa shape index (κ2) is 6.90. The maximum Gasteiger partial charge on any atom is 0.416 e. The van der Waals surface area contributed by atoms with E-state index < -0.39 is 17.7 Å². The zero-order valence-corrected chi connectivity index (χ0v) is 15.0. The number of amides is 1. The zero-order chi connectivity index (χ0) is 19.8.